The van der Waals surface area contributed by atoms with Gasteiger partial charge in [0.1, 0.15) is 6.61 Å². The number of rotatable bonds is 6. The molecule has 1 saturated carbocycles. The van der Waals surface area contributed by atoms with Crippen LogP contribution in [0.2, 0.25) is 0 Å². The topological polar surface area (TPSA) is 26.3 Å². The summed E-state index contributed by atoms with van der Waals surface area (Å²) in [6, 6.07) is 0. The molecule has 0 amide bonds. The second-order valence-corrected chi connectivity index (χ2v) is 3.31. The summed E-state index contributed by atoms with van der Waals surface area (Å²) in [6.07, 6.45) is 5.80. The van der Waals surface area contributed by atoms with Crippen molar-refractivity contribution < 1.29 is 9.53 Å². The van der Waals surface area contributed by atoms with Crippen molar-refractivity contribution in [2.24, 2.45) is 5.92 Å². The van der Waals surface area contributed by atoms with E-state index in [4.69, 9.17) is 4.74 Å². The van der Waals surface area contributed by atoms with E-state index in [1.807, 2.05) is 0 Å². The van der Waals surface area contributed by atoms with E-state index in [9.17, 15) is 4.79 Å². The standard InChI is InChI=1S/C9H16O2/c1-11-7-9(10)4-2-3-8-5-6-8/h8H,2-7H2,1H3. The minimum atomic E-state index is 0.244. The Morgan fingerprint density at radius 2 is 2.27 bits per heavy atom. The van der Waals surface area contributed by atoms with Crippen molar-refractivity contribution in [3.8, 4) is 0 Å². The van der Waals surface area contributed by atoms with E-state index in [1.165, 1.54) is 19.3 Å². The Morgan fingerprint density at radius 1 is 1.55 bits per heavy atom. The van der Waals surface area contributed by atoms with Crippen molar-refractivity contribution in [3.63, 3.8) is 0 Å². The Labute approximate surface area is 67.9 Å². The number of Topliss-reactive ketones (excluding diaryl/α,β-unsaturated/α-hetero) is 1. The molecule has 0 N–H and O–H groups in total. The van der Waals surface area contributed by atoms with Gasteiger partial charge in [0.05, 0.1) is 0 Å². The van der Waals surface area contributed by atoms with Gasteiger partial charge in [0, 0.05) is 13.5 Å². The molecular weight excluding hydrogens is 140 g/mol. The Hall–Kier alpha value is -0.370. The van der Waals surface area contributed by atoms with Crippen LogP contribution >= 0.6 is 0 Å². The number of ketones is 1. The van der Waals surface area contributed by atoms with Gasteiger partial charge in [-0.15, -0.1) is 0 Å². The number of carbonyl (C=O) groups is 1. The van der Waals surface area contributed by atoms with E-state index in [0.717, 1.165) is 12.3 Å². The van der Waals surface area contributed by atoms with Gasteiger partial charge in [-0.05, 0) is 12.3 Å². The second kappa shape index (κ2) is 4.50. The molecule has 2 heteroatoms. The van der Waals surface area contributed by atoms with Crippen LogP contribution < -0.4 is 0 Å². The summed E-state index contributed by atoms with van der Waals surface area (Å²) in [5.74, 6) is 1.19. The molecule has 0 radical (unpaired) electrons. The zero-order valence-corrected chi connectivity index (χ0v) is 7.14. The number of ether oxygens (including phenoxy) is 1. The number of hydrogen-bond donors (Lipinski definition) is 0. The largest absolute Gasteiger partial charge is 0.377 e. The molecule has 2 nitrogen and oxygen atoms in total. The lowest BCUT2D eigenvalue weighted by Gasteiger charge is -1.97. The third kappa shape index (κ3) is 4.14. The molecular formula is C9H16O2. The van der Waals surface area contributed by atoms with Crippen LogP contribution in [0.5, 0.6) is 0 Å². The summed E-state index contributed by atoms with van der Waals surface area (Å²) in [6.45, 7) is 0.296. The van der Waals surface area contributed by atoms with E-state index in [-0.39, 0.29) is 5.78 Å². The zero-order valence-electron chi connectivity index (χ0n) is 7.14. The van der Waals surface area contributed by atoms with Crippen molar-refractivity contribution in [2.75, 3.05) is 13.7 Å². The minimum Gasteiger partial charge on any atom is -0.377 e. The fraction of sp³-hybridized carbons (Fsp3) is 0.889. The maximum Gasteiger partial charge on any atom is 0.158 e. The van der Waals surface area contributed by atoms with Gasteiger partial charge in [0.15, 0.2) is 5.78 Å². The summed E-state index contributed by atoms with van der Waals surface area (Å²) in [4.78, 5) is 10.9. The average molecular weight is 156 g/mol. The van der Waals surface area contributed by atoms with Crippen molar-refractivity contribution in [1.29, 1.82) is 0 Å². The van der Waals surface area contributed by atoms with E-state index in [0.29, 0.717) is 13.0 Å². The van der Waals surface area contributed by atoms with Crippen LogP contribution in [0.3, 0.4) is 0 Å². The third-order valence-electron chi connectivity index (χ3n) is 2.07. The first-order chi connectivity index (χ1) is 5.33. The van der Waals surface area contributed by atoms with Gasteiger partial charge in [0.25, 0.3) is 0 Å². The van der Waals surface area contributed by atoms with E-state index in [1.54, 1.807) is 7.11 Å². The fourth-order valence-electron chi connectivity index (χ4n) is 1.23. The van der Waals surface area contributed by atoms with E-state index in [2.05, 4.69) is 0 Å². The molecule has 1 rings (SSSR count). The van der Waals surface area contributed by atoms with Crippen LogP contribution in [-0.2, 0) is 9.53 Å². The molecule has 0 unspecified atom stereocenters. The van der Waals surface area contributed by atoms with Gasteiger partial charge in [-0.3, -0.25) is 4.79 Å². The van der Waals surface area contributed by atoms with Gasteiger partial charge in [-0.1, -0.05) is 19.3 Å². The van der Waals surface area contributed by atoms with Crippen molar-refractivity contribution in [1.82, 2.24) is 0 Å². The van der Waals surface area contributed by atoms with Gasteiger partial charge in [0.2, 0.25) is 0 Å². The molecule has 0 bridgehead atoms. The lowest BCUT2D eigenvalue weighted by Crippen LogP contribution is -2.05. The van der Waals surface area contributed by atoms with Crippen molar-refractivity contribution in [3.05, 3.63) is 0 Å². The minimum absolute atomic E-state index is 0.244. The number of carbonyl (C=O) groups excluding carboxylic acids is 1. The third-order valence-corrected chi connectivity index (χ3v) is 2.07. The summed E-state index contributed by atoms with van der Waals surface area (Å²) in [5.41, 5.74) is 0. The van der Waals surface area contributed by atoms with Gasteiger partial charge < -0.3 is 4.74 Å². The molecule has 0 aromatic carbocycles. The maximum atomic E-state index is 10.9. The lowest BCUT2D eigenvalue weighted by molar-refractivity contribution is -0.122. The fourth-order valence-corrected chi connectivity index (χ4v) is 1.23. The SMILES string of the molecule is COCC(=O)CCCC1CC1. The smallest absolute Gasteiger partial charge is 0.158 e. The normalized spacial score (nSPS) is 16.8. The highest BCUT2D eigenvalue weighted by molar-refractivity contribution is 5.79. The predicted molar refractivity (Wildman–Crippen MR) is 43.5 cm³/mol. The molecule has 64 valence electrons. The van der Waals surface area contributed by atoms with E-state index < -0.39 is 0 Å². The van der Waals surface area contributed by atoms with Gasteiger partial charge in [-0.25, -0.2) is 0 Å². The molecule has 0 aromatic heterocycles. The summed E-state index contributed by atoms with van der Waals surface area (Å²) in [5, 5.41) is 0. The first-order valence-electron chi connectivity index (χ1n) is 4.33. The average Bonchev–Trinajstić information content (AvgIpc) is 2.72. The first kappa shape index (κ1) is 8.72. The Morgan fingerprint density at radius 3 is 2.82 bits per heavy atom. The Balaban J connectivity index is 1.88. The monoisotopic (exact) mass is 156 g/mol. The molecule has 1 aliphatic carbocycles. The summed E-state index contributed by atoms with van der Waals surface area (Å²) < 4.78 is 4.73. The van der Waals surface area contributed by atoms with Crippen LogP contribution in [0.25, 0.3) is 0 Å². The molecule has 11 heavy (non-hydrogen) atoms. The van der Waals surface area contributed by atoms with E-state index >= 15 is 0 Å². The van der Waals surface area contributed by atoms with Crippen molar-refractivity contribution >= 4 is 5.78 Å². The summed E-state index contributed by atoms with van der Waals surface area (Å²) in [7, 11) is 1.57. The molecule has 0 atom stereocenters. The predicted octanol–water partition coefficient (Wildman–Crippen LogP) is 1.78. The zero-order chi connectivity index (χ0) is 8.10. The first-order valence-corrected chi connectivity index (χ1v) is 4.33. The molecule has 0 spiro atoms. The number of methoxy groups -OCH3 is 1. The molecule has 1 fully saturated rings. The highest BCUT2D eigenvalue weighted by Gasteiger charge is 2.20. The highest BCUT2D eigenvalue weighted by Crippen LogP contribution is 2.33. The quantitative estimate of drug-likeness (QED) is 0.586. The molecule has 0 aliphatic heterocycles. The van der Waals surface area contributed by atoms with Gasteiger partial charge >= 0.3 is 0 Å². The highest BCUT2D eigenvalue weighted by atomic mass is 16.5. The van der Waals surface area contributed by atoms with Gasteiger partial charge in [-0.2, -0.15) is 0 Å². The Kier molecular flexibility index (Phi) is 3.57. The van der Waals surface area contributed by atoms with Crippen LogP contribution in [0.4, 0.5) is 0 Å². The maximum absolute atomic E-state index is 10.9. The van der Waals surface area contributed by atoms with Crippen LogP contribution in [0, 0.1) is 5.92 Å². The summed E-state index contributed by atoms with van der Waals surface area (Å²) >= 11 is 0. The molecule has 0 saturated heterocycles. The lowest BCUT2D eigenvalue weighted by atomic mass is 10.1. The number of hydrogen-bond acceptors (Lipinski definition) is 2. The van der Waals surface area contributed by atoms with Crippen LogP contribution in [0.1, 0.15) is 32.1 Å². The van der Waals surface area contributed by atoms with Crippen LogP contribution in [-0.4, -0.2) is 19.5 Å². The van der Waals surface area contributed by atoms with Crippen LogP contribution in [0.15, 0.2) is 0 Å². The molecule has 0 aromatic rings. The molecule has 1 aliphatic rings. The van der Waals surface area contributed by atoms with Crippen molar-refractivity contribution in [2.45, 2.75) is 32.1 Å². The molecule has 0 heterocycles. The Bertz CT molecular complexity index is 128. The second-order valence-electron chi connectivity index (χ2n) is 3.31.